The van der Waals surface area contributed by atoms with Crippen LogP contribution in [0, 0.1) is 5.82 Å². The number of hydrogen-bond acceptors (Lipinski definition) is 3. The summed E-state index contributed by atoms with van der Waals surface area (Å²) in [5.74, 6) is -1.06. The Hall–Kier alpha value is -3.36. The van der Waals surface area contributed by atoms with Gasteiger partial charge in [-0.15, -0.1) is 0 Å². The topological polar surface area (TPSA) is 56.2 Å². The Kier molecular flexibility index (Phi) is 4.85. The van der Waals surface area contributed by atoms with E-state index in [1.807, 2.05) is 0 Å². The molecule has 5 nitrogen and oxygen atoms in total. The van der Waals surface area contributed by atoms with Crippen molar-refractivity contribution in [2.75, 3.05) is 12.4 Å². The molecule has 9 heteroatoms. The number of hydrogen-bond donors (Lipinski definition) is 1. The van der Waals surface area contributed by atoms with E-state index in [0.29, 0.717) is 5.69 Å². The van der Waals surface area contributed by atoms with Gasteiger partial charge in [-0.3, -0.25) is 4.79 Å². The third-order valence-electron chi connectivity index (χ3n) is 3.65. The van der Waals surface area contributed by atoms with E-state index in [1.165, 1.54) is 54.4 Å². The van der Waals surface area contributed by atoms with Crippen LogP contribution in [0.4, 0.5) is 23.2 Å². The molecule has 0 spiro atoms. The molecule has 0 bridgehead atoms. The summed E-state index contributed by atoms with van der Waals surface area (Å²) in [6.45, 7) is 0. The molecule has 1 heterocycles. The molecule has 0 aliphatic rings. The highest BCUT2D eigenvalue weighted by Crippen LogP contribution is 2.31. The van der Waals surface area contributed by atoms with Crippen LogP contribution >= 0.6 is 0 Å². The molecule has 0 saturated heterocycles. The highest BCUT2D eigenvalue weighted by atomic mass is 19.4. The molecule has 2 aromatic carbocycles. The zero-order valence-corrected chi connectivity index (χ0v) is 13.9. The average molecular weight is 379 g/mol. The Morgan fingerprint density at radius 1 is 1.15 bits per heavy atom. The minimum atomic E-state index is -4.53. The van der Waals surface area contributed by atoms with Gasteiger partial charge in [0.15, 0.2) is 11.4 Å². The van der Waals surface area contributed by atoms with Crippen molar-refractivity contribution < 1.29 is 27.1 Å². The van der Waals surface area contributed by atoms with E-state index in [9.17, 15) is 22.4 Å². The number of carbonyl (C=O) groups is 1. The number of amides is 1. The molecule has 3 aromatic rings. The summed E-state index contributed by atoms with van der Waals surface area (Å²) in [7, 11) is 1.33. The zero-order valence-electron chi connectivity index (χ0n) is 13.9. The Morgan fingerprint density at radius 2 is 1.85 bits per heavy atom. The predicted octanol–water partition coefficient (Wildman–Crippen LogP) is 4.29. The molecule has 0 saturated carbocycles. The van der Waals surface area contributed by atoms with Gasteiger partial charge >= 0.3 is 6.18 Å². The van der Waals surface area contributed by atoms with E-state index < -0.39 is 23.5 Å². The summed E-state index contributed by atoms with van der Waals surface area (Å²) in [6.07, 6.45) is -3.11. The number of rotatable bonds is 4. The van der Waals surface area contributed by atoms with Crippen LogP contribution in [0.3, 0.4) is 0 Å². The third-order valence-corrected chi connectivity index (χ3v) is 3.65. The maximum Gasteiger partial charge on any atom is 0.416 e. The van der Waals surface area contributed by atoms with Crippen molar-refractivity contribution in [1.82, 2.24) is 9.78 Å². The van der Waals surface area contributed by atoms with Crippen molar-refractivity contribution in [1.29, 1.82) is 0 Å². The van der Waals surface area contributed by atoms with Gasteiger partial charge in [0.25, 0.3) is 5.91 Å². The van der Waals surface area contributed by atoms with Crippen LogP contribution in [-0.4, -0.2) is 22.8 Å². The standard InChI is InChI=1S/C18H13F4N3O2/c1-27-15-10-25(14-7-5-12(19)6-8-14)24-16(15)17(26)23-13-4-2-3-11(9-13)18(20,21)22/h2-10H,1H3,(H,23,26). The Bertz CT molecular complexity index is 965. The molecular weight excluding hydrogens is 366 g/mol. The molecule has 0 aliphatic carbocycles. The second-order valence-corrected chi connectivity index (χ2v) is 5.50. The van der Waals surface area contributed by atoms with Gasteiger partial charge in [-0.05, 0) is 42.5 Å². The molecule has 0 unspecified atom stereocenters. The second-order valence-electron chi connectivity index (χ2n) is 5.50. The molecule has 0 radical (unpaired) electrons. The number of carbonyl (C=O) groups excluding carboxylic acids is 1. The van der Waals surface area contributed by atoms with Gasteiger partial charge in [-0.2, -0.15) is 18.3 Å². The van der Waals surface area contributed by atoms with Crippen molar-refractivity contribution >= 4 is 11.6 Å². The highest BCUT2D eigenvalue weighted by molar-refractivity contribution is 6.04. The molecule has 1 amide bonds. The van der Waals surface area contributed by atoms with Crippen molar-refractivity contribution in [2.45, 2.75) is 6.18 Å². The minimum Gasteiger partial charge on any atom is -0.493 e. The average Bonchev–Trinajstić information content (AvgIpc) is 3.06. The molecule has 1 aromatic heterocycles. The molecule has 1 N–H and O–H groups in total. The molecule has 0 atom stereocenters. The first-order valence-electron chi connectivity index (χ1n) is 7.66. The quantitative estimate of drug-likeness (QED) is 0.688. The highest BCUT2D eigenvalue weighted by Gasteiger charge is 2.30. The van der Waals surface area contributed by atoms with Crippen LogP contribution < -0.4 is 10.1 Å². The number of alkyl halides is 3. The van der Waals surface area contributed by atoms with E-state index >= 15 is 0 Å². The molecule has 0 fully saturated rings. The maximum absolute atomic E-state index is 13.0. The van der Waals surface area contributed by atoms with Gasteiger partial charge in [0.2, 0.25) is 0 Å². The molecular formula is C18H13F4N3O2. The van der Waals surface area contributed by atoms with Gasteiger partial charge in [0, 0.05) is 5.69 Å². The van der Waals surface area contributed by atoms with Crippen LogP contribution in [-0.2, 0) is 6.18 Å². The van der Waals surface area contributed by atoms with Crippen LogP contribution in [0.2, 0.25) is 0 Å². The normalized spacial score (nSPS) is 11.3. The Balaban J connectivity index is 1.88. The lowest BCUT2D eigenvalue weighted by Crippen LogP contribution is -2.15. The van der Waals surface area contributed by atoms with Gasteiger partial charge in [-0.25, -0.2) is 9.07 Å². The summed E-state index contributed by atoms with van der Waals surface area (Å²) >= 11 is 0. The summed E-state index contributed by atoms with van der Waals surface area (Å²) in [5, 5.41) is 6.45. The molecule has 0 aliphatic heterocycles. The fourth-order valence-corrected chi connectivity index (χ4v) is 2.35. The fourth-order valence-electron chi connectivity index (χ4n) is 2.35. The second kappa shape index (κ2) is 7.10. The SMILES string of the molecule is COc1cn(-c2ccc(F)cc2)nc1C(=O)Nc1cccc(C(F)(F)F)c1. The lowest BCUT2D eigenvalue weighted by Gasteiger charge is -2.09. The molecule has 27 heavy (non-hydrogen) atoms. The van der Waals surface area contributed by atoms with E-state index in [2.05, 4.69) is 10.4 Å². The lowest BCUT2D eigenvalue weighted by atomic mass is 10.2. The lowest BCUT2D eigenvalue weighted by molar-refractivity contribution is -0.137. The number of nitrogens with one attached hydrogen (secondary N) is 1. The van der Waals surface area contributed by atoms with Crippen molar-refractivity contribution in [2.24, 2.45) is 0 Å². The van der Waals surface area contributed by atoms with Crippen LogP contribution in [0.5, 0.6) is 5.75 Å². The maximum atomic E-state index is 13.0. The van der Waals surface area contributed by atoms with E-state index in [0.717, 1.165) is 12.1 Å². The number of nitrogens with zero attached hydrogens (tertiary/aromatic N) is 2. The van der Waals surface area contributed by atoms with Crippen molar-refractivity contribution in [3.63, 3.8) is 0 Å². The van der Waals surface area contributed by atoms with Gasteiger partial charge in [0.05, 0.1) is 24.6 Å². The first-order chi connectivity index (χ1) is 12.8. The summed E-state index contributed by atoms with van der Waals surface area (Å²) in [4.78, 5) is 12.4. The number of methoxy groups -OCH3 is 1. The van der Waals surface area contributed by atoms with E-state index in [4.69, 9.17) is 4.74 Å². The fraction of sp³-hybridized carbons (Fsp3) is 0.111. The minimum absolute atomic E-state index is 0.0341. The van der Waals surface area contributed by atoms with Crippen LogP contribution in [0.15, 0.2) is 54.7 Å². The number of benzene rings is 2. The van der Waals surface area contributed by atoms with Gasteiger partial charge < -0.3 is 10.1 Å². The van der Waals surface area contributed by atoms with Crippen molar-refractivity contribution in [3.05, 3.63) is 71.8 Å². The summed E-state index contributed by atoms with van der Waals surface area (Å²) in [5.41, 5.74) is -0.565. The number of aromatic nitrogens is 2. The Morgan fingerprint density at radius 3 is 2.48 bits per heavy atom. The van der Waals surface area contributed by atoms with Crippen molar-refractivity contribution in [3.8, 4) is 11.4 Å². The molecule has 3 rings (SSSR count). The monoisotopic (exact) mass is 379 g/mol. The van der Waals surface area contributed by atoms with Crippen LogP contribution in [0.1, 0.15) is 16.1 Å². The smallest absolute Gasteiger partial charge is 0.416 e. The predicted molar refractivity (Wildman–Crippen MR) is 89.5 cm³/mol. The van der Waals surface area contributed by atoms with E-state index in [-0.39, 0.29) is 17.1 Å². The third kappa shape index (κ3) is 4.08. The number of anilines is 1. The van der Waals surface area contributed by atoms with Gasteiger partial charge in [0.1, 0.15) is 5.82 Å². The first kappa shape index (κ1) is 18.4. The number of halogens is 4. The summed E-state index contributed by atoms with van der Waals surface area (Å²) in [6, 6.07) is 9.61. The molecule has 140 valence electrons. The zero-order chi connectivity index (χ0) is 19.6. The summed E-state index contributed by atoms with van der Waals surface area (Å²) < 4.78 is 57.8. The first-order valence-corrected chi connectivity index (χ1v) is 7.66. The van der Waals surface area contributed by atoms with Crippen LogP contribution in [0.25, 0.3) is 5.69 Å². The largest absolute Gasteiger partial charge is 0.493 e. The van der Waals surface area contributed by atoms with E-state index in [1.54, 1.807) is 0 Å². The number of ether oxygens (including phenoxy) is 1. The Labute approximate surface area is 151 Å². The van der Waals surface area contributed by atoms with Gasteiger partial charge in [-0.1, -0.05) is 6.07 Å².